The lowest BCUT2D eigenvalue weighted by Crippen LogP contribution is -2.42. The molecule has 1 aromatic carbocycles. The molecule has 0 saturated carbocycles. The molecule has 24 heavy (non-hydrogen) atoms. The third kappa shape index (κ3) is 3.46. The van der Waals surface area contributed by atoms with Gasteiger partial charge in [-0.2, -0.15) is 0 Å². The van der Waals surface area contributed by atoms with Gasteiger partial charge in [0.2, 0.25) is 5.91 Å². The van der Waals surface area contributed by atoms with Gasteiger partial charge < -0.3 is 14.1 Å². The van der Waals surface area contributed by atoms with Crippen LogP contribution in [0.15, 0.2) is 45.5 Å². The van der Waals surface area contributed by atoms with Gasteiger partial charge in [0.1, 0.15) is 12.4 Å². The van der Waals surface area contributed by atoms with Crippen molar-refractivity contribution < 1.29 is 18.7 Å². The topological polar surface area (TPSA) is 63.0 Å². The molecule has 126 valence electrons. The number of carbonyl (C=O) groups is 2. The Hall–Kier alpha value is -2.28. The molecule has 0 unspecified atom stereocenters. The van der Waals surface area contributed by atoms with E-state index in [9.17, 15) is 9.59 Å². The van der Waals surface area contributed by atoms with Gasteiger partial charge in [-0.1, -0.05) is 0 Å². The Bertz CT molecular complexity index is 741. The van der Waals surface area contributed by atoms with E-state index in [1.807, 2.05) is 0 Å². The number of furan rings is 1. The van der Waals surface area contributed by atoms with E-state index in [0.717, 1.165) is 6.42 Å². The second-order valence-corrected chi connectivity index (χ2v) is 6.22. The van der Waals surface area contributed by atoms with Crippen molar-refractivity contribution in [3.63, 3.8) is 0 Å². The van der Waals surface area contributed by atoms with Crippen molar-refractivity contribution in [3.05, 3.63) is 46.8 Å². The van der Waals surface area contributed by atoms with Gasteiger partial charge in [-0.05, 0) is 58.7 Å². The summed E-state index contributed by atoms with van der Waals surface area (Å²) in [6.45, 7) is 0.850. The largest absolute Gasteiger partial charge is 0.497 e. The van der Waals surface area contributed by atoms with Crippen LogP contribution in [0.5, 0.6) is 5.75 Å². The fourth-order valence-electron chi connectivity index (χ4n) is 2.61. The molecule has 1 fully saturated rings. The zero-order valence-electron chi connectivity index (χ0n) is 13.2. The summed E-state index contributed by atoms with van der Waals surface area (Å²) in [6.07, 6.45) is 1.34. The third-order valence-electron chi connectivity index (χ3n) is 3.90. The highest BCUT2D eigenvalue weighted by Gasteiger charge is 2.27. The molecule has 1 saturated heterocycles. The maximum atomic E-state index is 12.8. The molecule has 0 radical (unpaired) electrons. The molecule has 1 aliphatic heterocycles. The van der Waals surface area contributed by atoms with Gasteiger partial charge in [-0.25, -0.2) is 0 Å². The molecule has 7 heteroatoms. The Kier molecular flexibility index (Phi) is 4.89. The van der Waals surface area contributed by atoms with Gasteiger partial charge in [-0.15, -0.1) is 0 Å². The molecule has 3 rings (SSSR count). The number of nitrogens with zero attached hydrogens (tertiary/aromatic N) is 2. The smallest absolute Gasteiger partial charge is 0.295 e. The van der Waals surface area contributed by atoms with Gasteiger partial charge in [0.25, 0.3) is 5.91 Å². The number of methoxy groups -OCH3 is 1. The van der Waals surface area contributed by atoms with Crippen LogP contribution >= 0.6 is 15.9 Å². The van der Waals surface area contributed by atoms with Crippen LogP contribution in [0.4, 0.5) is 5.69 Å². The quantitative estimate of drug-likeness (QED) is 0.782. The van der Waals surface area contributed by atoms with Crippen LogP contribution in [0.2, 0.25) is 0 Å². The van der Waals surface area contributed by atoms with E-state index < -0.39 is 0 Å². The van der Waals surface area contributed by atoms with E-state index >= 15 is 0 Å². The number of ether oxygens (including phenoxy) is 1. The summed E-state index contributed by atoms with van der Waals surface area (Å²) in [7, 11) is 1.58. The maximum absolute atomic E-state index is 12.8. The van der Waals surface area contributed by atoms with Crippen LogP contribution < -0.4 is 9.64 Å². The fourth-order valence-corrected chi connectivity index (χ4v) is 2.92. The summed E-state index contributed by atoms with van der Waals surface area (Å²) >= 11 is 3.20. The van der Waals surface area contributed by atoms with Crippen LogP contribution in [-0.2, 0) is 4.79 Å². The summed E-state index contributed by atoms with van der Waals surface area (Å²) in [5, 5.41) is 0. The SMILES string of the molecule is COc1ccc(N(CN2CCCC2=O)C(=O)c2ccc(Br)o2)cc1. The Labute approximate surface area is 148 Å². The number of likely N-dealkylation sites (tertiary alicyclic amines) is 1. The number of hydrogen-bond acceptors (Lipinski definition) is 4. The van der Waals surface area contributed by atoms with Crippen LogP contribution in [-0.4, -0.2) is 37.0 Å². The molecular formula is C17H17BrN2O4. The summed E-state index contributed by atoms with van der Waals surface area (Å²) in [6, 6.07) is 10.4. The number of carbonyl (C=O) groups excluding carboxylic acids is 2. The molecule has 0 bridgehead atoms. The van der Waals surface area contributed by atoms with Crippen LogP contribution in [0.25, 0.3) is 0 Å². The highest BCUT2D eigenvalue weighted by molar-refractivity contribution is 9.10. The minimum Gasteiger partial charge on any atom is -0.497 e. The van der Waals surface area contributed by atoms with Crippen LogP contribution in [0.3, 0.4) is 0 Å². The fraction of sp³-hybridized carbons (Fsp3) is 0.294. The standard InChI is InChI=1S/C17H17BrN2O4/c1-23-13-6-4-12(5-7-13)20(11-19-10-2-3-16(19)21)17(22)14-8-9-15(18)24-14/h4-9H,2-3,10-11H2,1H3. The van der Waals surface area contributed by atoms with Crippen LogP contribution in [0, 0.1) is 0 Å². The van der Waals surface area contributed by atoms with Gasteiger partial charge in [0.15, 0.2) is 10.4 Å². The average molecular weight is 393 g/mol. The number of benzene rings is 1. The number of rotatable bonds is 5. The lowest BCUT2D eigenvalue weighted by atomic mass is 10.2. The predicted octanol–water partition coefficient (Wildman–Crippen LogP) is 3.28. The minimum atomic E-state index is -0.300. The van der Waals surface area contributed by atoms with E-state index in [-0.39, 0.29) is 24.2 Å². The summed E-state index contributed by atoms with van der Waals surface area (Å²) < 4.78 is 11.0. The average Bonchev–Trinajstić information content (AvgIpc) is 3.21. The van der Waals surface area contributed by atoms with Gasteiger partial charge >= 0.3 is 0 Å². The second-order valence-electron chi connectivity index (χ2n) is 5.44. The summed E-state index contributed by atoms with van der Waals surface area (Å²) in [4.78, 5) is 28.0. The molecule has 2 amide bonds. The Morgan fingerprint density at radius 1 is 1.29 bits per heavy atom. The van der Waals surface area contributed by atoms with E-state index in [4.69, 9.17) is 9.15 Å². The highest BCUT2D eigenvalue weighted by atomic mass is 79.9. The molecule has 0 spiro atoms. The Morgan fingerprint density at radius 2 is 2.04 bits per heavy atom. The Balaban J connectivity index is 1.89. The molecule has 1 aliphatic rings. The lowest BCUT2D eigenvalue weighted by molar-refractivity contribution is -0.127. The van der Waals surface area contributed by atoms with E-state index in [1.165, 1.54) is 4.90 Å². The van der Waals surface area contributed by atoms with Crippen molar-refractivity contribution in [1.82, 2.24) is 4.90 Å². The Morgan fingerprint density at radius 3 is 2.58 bits per heavy atom. The molecular weight excluding hydrogens is 376 g/mol. The molecule has 1 aromatic heterocycles. The number of amides is 2. The maximum Gasteiger partial charge on any atom is 0.295 e. The third-order valence-corrected chi connectivity index (χ3v) is 4.32. The van der Waals surface area contributed by atoms with Crippen molar-refractivity contribution in [2.75, 3.05) is 25.2 Å². The van der Waals surface area contributed by atoms with Crippen molar-refractivity contribution >= 4 is 33.4 Å². The molecule has 6 nitrogen and oxygen atoms in total. The number of anilines is 1. The zero-order chi connectivity index (χ0) is 17.1. The minimum absolute atomic E-state index is 0.0573. The molecule has 0 atom stereocenters. The van der Waals surface area contributed by atoms with Crippen LogP contribution in [0.1, 0.15) is 23.4 Å². The second kappa shape index (κ2) is 7.09. The van der Waals surface area contributed by atoms with E-state index in [0.29, 0.717) is 29.1 Å². The first-order valence-electron chi connectivity index (χ1n) is 7.57. The van der Waals surface area contributed by atoms with Crippen molar-refractivity contribution in [2.24, 2.45) is 0 Å². The lowest BCUT2D eigenvalue weighted by Gasteiger charge is -2.27. The molecule has 2 aromatic rings. The molecule has 0 aliphatic carbocycles. The van der Waals surface area contributed by atoms with Gasteiger partial charge in [0.05, 0.1) is 7.11 Å². The van der Waals surface area contributed by atoms with Crippen molar-refractivity contribution in [3.8, 4) is 5.75 Å². The van der Waals surface area contributed by atoms with E-state index in [2.05, 4.69) is 15.9 Å². The normalized spacial score (nSPS) is 14.1. The first kappa shape index (κ1) is 16.6. The zero-order valence-corrected chi connectivity index (χ0v) is 14.8. The van der Waals surface area contributed by atoms with Crippen molar-refractivity contribution in [1.29, 1.82) is 0 Å². The van der Waals surface area contributed by atoms with E-state index in [1.54, 1.807) is 48.4 Å². The molecule has 2 heterocycles. The summed E-state index contributed by atoms with van der Waals surface area (Å²) in [5.41, 5.74) is 0.674. The predicted molar refractivity (Wildman–Crippen MR) is 92.0 cm³/mol. The van der Waals surface area contributed by atoms with Gasteiger partial charge in [-0.3, -0.25) is 14.5 Å². The van der Waals surface area contributed by atoms with Crippen molar-refractivity contribution in [2.45, 2.75) is 12.8 Å². The monoisotopic (exact) mass is 392 g/mol. The first-order chi connectivity index (χ1) is 11.6. The first-order valence-corrected chi connectivity index (χ1v) is 8.37. The number of hydrogen-bond donors (Lipinski definition) is 0. The van der Waals surface area contributed by atoms with Gasteiger partial charge in [0, 0.05) is 18.7 Å². The molecule has 0 N–H and O–H groups in total. The summed E-state index contributed by atoms with van der Waals surface area (Å²) in [5.74, 6) is 0.668. The highest BCUT2D eigenvalue weighted by Crippen LogP contribution is 2.24. The number of halogens is 1.